The van der Waals surface area contributed by atoms with Crippen LogP contribution >= 0.6 is 0 Å². The molecule has 1 aromatic carbocycles. The van der Waals surface area contributed by atoms with Crippen molar-refractivity contribution < 1.29 is 29.3 Å². The molecule has 2 N–H and O–H groups in total. The summed E-state index contributed by atoms with van der Waals surface area (Å²) in [6.45, 7) is 0. The molecule has 0 saturated carbocycles. The van der Waals surface area contributed by atoms with Crippen molar-refractivity contribution in [2.24, 2.45) is 0 Å². The molecule has 2 rings (SSSR count). The fourth-order valence-electron chi connectivity index (χ4n) is 1.54. The number of hydrogen-bond donors (Lipinski definition) is 2. The second-order valence-corrected chi connectivity index (χ2v) is 3.20. The smallest absolute Gasteiger partial charge is 0.341 e. The number of esters is 1. The third-order valence-corrected chi connectivity index (χ3v) is 2.31. The van der Waals surface area contributed by atoms with E-state index in [2.05, 4.69) is 4.74 Å². The first-order valence-corrected chi connectivity index (χ1v) is 4.39. The van der Waals surface area contributed by atoms with Gasteiger partial charge in [-0.25, -0.2) is 9.59 Å². The minimum atomic E-state index is -1.41. The van der Waals surface area contributed by atoms with Crippen LogP contribution in [0.4, 0.5) is 0 Å². The Balaban J connectivity index is 2.64. The first kappa shape index (κ1) is 10.4. The summed E-state index contributed by atoms with van der Waals surface area (Å²) in [5, 5.41) is 18.2. The molecule has 1 aliphatic heterocycles. The molecule has 0 bridgehead atoms. The van der Waals surface area contributed by atoms with Gasteiger partial charge in [-0.15, -0.1) is 0 Å². The van der Waals surface area contributed by atoms with E-state index in [1.54, 1.807) is 0 Å². The van der Waals surface area contributed by atoms with Crippen LogP contribution in [0.3, 0.4) is 0 Å². The van der Waals surface area contributed by atoms with Crippen LogP contribution in [-0.4, -0.2) is 29.3 Å². The monoisotopic (exact) mass is 224 g/mol. The number of rotatable bonds is 2. The number of benzene rings is 1. The van der Waals surface area contributed by atoms with Crippen LogP contribution in [-0.2, 0) is 4.74 Å². The average Bonchev–Trinajstić information content (AvgIpc) is 2.52. The van der Waals surface area contributed by atoms with Crippen LogP contribution in [0.5, 0.6) is 5.75 Å². The van der Waals surface area contributed by atoms with Crippen molar-refractivity contribution >= 4 is 11.9 Å². The lowest BCUT2D eigenvalue weighted by molar-refractivity contribution is -0.0547. The molecule has 1 atom stereocenters. The van der Waals surface area contributed by atoms with Crippen molar-refractivity contribution in [3.63, 3.8) is 0 Å². The molecule has 6 heteroatoms. The Labute approximate surface area is 90.0 Å². The first-order valence-electron chi connectivity index (χ1n) is 4.39. The van der Waals surface area contributed by atoms with E-state index >= 15 is 0 Å². The molecule has 1 aromatic rings. The Bertz CT molecular complexity index is 478. The number of aliphatic hydroxyl groups is 1. The number of methoxy groups -OCH3 is 1. The van der Waals surface area contributed by atoms with E-state index in [-0.39, 0.29) is 22.4 Å². The highest BCUT2D eigenvalue weighted by Crippen LogP contribution is 2.33. The Kier molecular flexibility index (Phi) is 2.28. The van der Waals surface area contributed by atoms with Crippen LogP contribution in [0.15, 0.2) is 12.1 Å². The lowest BCUT2D eigenvalue weighted by atomic mass is 10.0. The predicted octanol–water partition coefficient (Wildman–Crippen LogP) is 0.555. The molecule has 0 fully saturated rings. The van der Waals surface area contributed by atoms with Gasteiger partial charge >= 0.3 is 11.9 Å². The maximum atomic E-state index is 11.2. The van der Waals surface area contributed by atoms with Crippen molar-refractivity contribution in [3.05, 3.63) is 28.8 Å². The van der Waals surface area contributed by atoms with Gasteiger partial charge < -0.3 is 19.7 Å². The summed E-state index contributed by atoms with van der Waals surface area (Å²) in [7, 11) is 1.30. The summed E-state index contributed by atoms with van der Waals surface area (Å²) in [5.74, 6) is -1.85. The van der Waals surface area contributed by atoms with Crippen molar-refractivity contribution in [3.8, 4) is 5.75 Å². The van der Waals surface area contributed by atoms with Gasteiger partial charge in [0.1, 0.15) is 11.3 Å². The number of fused-ring (bicyclic) bond motifs is 1. The van der Waals surface area contributed by atoms with Crippen LogP contribution in [0.2, 0.25) is 0 Å². The van der Waals surface area contributed by atoms with Gasteiger partial charge in [0.2, 0.25) is 6.29 Å². The minimum Gasteiger partial charge on any atom is -0.496 e. The van der Waals surface area contributed by atoms with Crippen LogP contribution < -0.4 is 4.74 Å². The zero-order chi connectivity index (χ0) is 11.9. The number of hydrogen-bond acceptors (Lipinski definition) is 5. The number of cyclic esters (lactones) is 1. The minimum absolute atomic E-state index is 0.0531. The molecule has 0 aliphatic carbocycles. The first-order chi connectivity index (χ1) is 7.54. The SMILES string of the molecule is COc1cc2c(cc1C(=O)O)C(O)OC2=O. The van der Waals surface area contributed by atoms with Gasteiger partial charge in [0.05, 0.1) is 12.7 Å². The van der Waals surface area contributed by atoms with E-state index in [9.17, 15) is 14.7 Å². The molecule has 0 saturated heterocycles. The molecule has 1 unspecified atom stereocenters. The summed E-state index contributed by atoms with van der Waals surface area (Å²) in [4.78, 5) is 22.1. The van der Waals surface area contributed by atoms with Crippen LogP contribution in [0.25, 0.3) is 0 Å². The van der Waals surface area contributed by atoms with E-state index in [1.807, 2.05) is 0 Å². The molecule has 6 nitrogen and oxygen atoms in total. The predicted molar refractivity (Wildman–Crippen MR) is 50.3 cm³/mol. The fourth-order valence-corrected chi connectivity index (χ4v) is 1.54. The Morgan fingerprint density at radius 3 is 2.75 bits per heavy atom. The summed E-state index contributed by atoms with van der Waals surface area (Å²) in [6, 6.07) is 2.42. The summed E-state index contributed by atoms with van der Waals surface area (Å²) in [5.41, 5.74) is 0.135. The van der Waals surface area contributed by atoms with Gasteiger partial charge in [0.15, 0.2) is 0 Å². The summed E-state index contributed by atoms with van der Waals surface area (Å²) < 4.78 is 9.38. The standard InChI is InChI=1S/C10H8O6/c1-15-7-3-5-4(2-6(7)8(11)12)9(13)16-10(5)14/h2-3,9,13H,1H3,(H,11,12). The molecular weight excluding hydrogens is 216 g/mol. The van der Waals surface area contributed by atoms with Crippen molar-refractivity contribution in [2.75, 3.05) is 7.11 Å². The maximum absolute atomic E-state index is 11.2. The lowest BCUT2D eigenvalue weighted by Gasteiger charge is -2.07. The lowest BCUT2D eigenvalue weighted by Crippen LogP contribution is -2.03. The van der Waals surface area contributed by atoms with E-state index in [1.165, 1.54) is 19.2 Å². The van der Waals surface area contributed by atoms with Crippen molar-refractivity contribution in [2.45, 2.75) is 6.29 Å². The number of aliphatic hydroxyl groups excluding tert-OH is 1. The Hall–Kier alpha value is -2.08. The zero-order valence-corrected chi connectivity index (χ0v) is 8.26. The fraction of sp³-hybridized carbons (Fsp3) is 0.200. The van der Waals surface area contributed by atoms with Gasteiger partial charge in [0, 0.05) is 5.56 Å². The number of aromatic carboxylic acids is 1. The summed E-state index contributed by atoms with van der Waals surface area (Å²) in [6.07, 6.45) is -1.41. The molecule has 16 heavy (non-hydrogen) atoms. The van der Waals surface area contributed by atoms with Gasteiger partial charge in [-0.2, -0.15) is 0 Å². The third kappa shape index (κ3) is 1.40. The Morgan fingerprint density at radius 2 is 2.19 bits per heavy atom. The highest BCUT2D eigenvalue weighted by molar-refractivity contribution is 5.98. The van der Waals surface area contributed by atoms with E-state index in [4.69, 9.17) is 9.84 Å². The second-order valence-electron chi connectivity index (χ2n) is 3.20. The van der Waals surface area contributed by atoms with Crippen molar-refractivity contribution in [1.82, 2.24) is 0 Å². The third-order valence-electron chi connectivity index (χ3n) is 2.31. The number of carboxylic acids is 1. The van der Waals surface area contributed by atoms with Gasteiger partial charge in [-0.1, -0.05) is 0 Å². The second kappa shape index (κ2) is 3.49. The molecule has 0 spiro atoms. The molecule has 0 amide bonds. The van der Waals surface area contributed by atoms with Crippen LogP contribution in [0, 0.1) is 0 Å². The van der Waals surface area contributed by atoms with E-state index in [0.29, 0.717) is 0 Å². The highest BCUT2D eigenvalue weighted by Gasteiger charge is 2.32. The topological polar surface area (TPSA) is 93.1 Å². The Morgan fingerprint density at radius 1 is 1.50 bits per heavy atom. The molecule has 1 heterocycles. The quantitative estimate of drug-likeness (QED) is 0.713. The van der Waals surface area contributed by atoms with Gasteiger partial charge in [0.25, 0.3) is 0 Å². The van der Waals surface area contributed by atoms with Gasteiger partial charge in [-0.3, -0.25) is 0 Å². The molecule has 1 aliphatic rings. The van der Waals surface area contributed by atoms with Crippen molar-refractivity contribution in [1.29, 1.82) is 0 Å². The highest BCUT2D eigenvalue weighted by atomic mass is 16.6. The average molecular weight is 224 g/mol. The number of carbonyl (C=O) groups is 2. The van der Waals surface area contributed by atoms with Gasteiger partial charge in [-0.05, 0) is 12.1 Å². The molecule has 0 aromatic heterocycles. The number of carbonyl (C=O) groups excluding carboxylic acids is 1. The zero-order valence-electron chi connectivity index (χ0n) is 8.26. The maximum Gasteiger partial charge on any atom is 0.341 e. The van der Waals surface area contributed by atoms with Crippen LogP contribution in [0.1, 0.15) is 32.6 Å². The molecular formula is C10H8O6. The largest absolute Gasteiger partial charge is 0.496 e. The molecule has 84 valence electrons. The number of carboxylic acid groups (broad SMARTS) is 1. The van der Waals surface area contributed by atoms with E-state index in [0.717, 1.165) is 0 Å². The van der Waals surface area contributed by atoms with E-state index < -0.39 is 18.2 Å². The summed E-state index contributed by atoms with van der Waals surface area (Å²) >= 11 is 0. The molecule has 0 radical (unpaired) electrons. The number of ether oxygens (including phenoxy) is 2. The normalized spacial score (nSPS) is 17.9.